The Morgan fingerprint density at radius 2 is 2.45 bits per heavy atom. The number of hydrogen-bond donors (Lipinski definition) is 1. The molecule has 0 atom stereocenters. The average molecular weight is 175 g/mol. The molecule has 0 saturated heterocycles. The second kappa shape index (κ2) is 3.02. The molecule has 0 bridgehead atoms. The molecule has 0 unspecified atom stereocenters. The third kappa shape index (κ3) is 1.58. The fraction of sp³-hybridized carbons (Fsp3) is 0.333. The van der Waals surface area contributed by atoms with E-state index in [1.54, 1.807) is 6.92 Å². The van der Waals surface area contributed by atoms with Gasteiger partial charge in [0.1, 0.15) is 0 Å². The number of aryl methyl sites for hydroxylation is 1. The second-order valence-corrected chi connectivity index (χ2v) is 2.33. The zero-order valence-corrected chi connectivity index (χ0v) is 6.68. The van der Waals surface area contributed by atoms with Crippen molar-refractivity contribution in [2.75, 3.05) is 6.54 Å². The van der Waals surface area contributed by atoms with Gasteiger partial charge in [0.2, 0.25) is 5.78 Å². The van der Waals surface area contributed by atoms with Crippen molar-refractivity contribution < 1.29 is 9.21 Å². The Hall–Kier alpha value is -0.870. The highest BCUT2D eigenvalue weighted by Crippen LogP contribution is 2.14. The van der Waals surface area contributed by atoms with Gasteiger partial charge in [-0.05, 0) is 18.5 Å². The van der Waals surface area contributed by atoms with Crippen LogP contribution in [0, 0.1) is 6.92 Å². The Morgan fingerprint density at radius 3 is 2.82 bits per heavy atom. The second-order valence-electron chi connectivity index (χ2n) is 2.01. The fourth-order valence-corrected chi connectivity index (χ4v) is 0.919. The number of oxazole rings is 1. The molecule has 0 aliphatic heterocycles. The summed E-state index contributed by atoms with van der Waals surface area (Å²) in [4.78, 5) is 14.6. The summed E-state index contributed by atoms with van der Waals surface area (Å²) in [6.45, 7) is 1.55. The van der Waals surface area contributed by atoms with Crippen LogP contribution in [-0.2, 0) is 0 Å². The summed E-state index contributed by atoms with van der Waals surface area (Å²) in [7, 11) is 0. The van der Waals surface area contributed by atoms with Gasteiger partial charge in [0.15, 0.2) is 5.76 Å². The van der Waals surface area contributed by atoms with Crippen molar-refractivity contribution in [2.24, 2.45) is 5.73 Å². The predicted molar refractivity (Wildman–Crippen MR) is 39.6 cm³/mol. The lowest BCUT2D eigenvalue weighted by Crippen LogP contribution is -2.13. The number of carbonyl (C=O) groups excluding carboxylic acids is 1. The van der Waals surface area contributed by atoms with Crippen LogP contribution in [-0.4, -0.2) is 17.3 Å². The number of carbonyl (C=O) groups is 1. The van der Waals surface area contributed by atoms with Crippen molar-refractivity contribution in [3.63, 3.8) is 0 Å². The maximum Gasteiger partial charge on any atom is 0.292 e. The highest BCUT2D eigenvalue weighted by Gasteiger charge is 2.14. The first-order chi connectivity index (χ1) is 5.15. The summed E-state index contributed by atoms with van der Waals surface area (Å²) in [5, 5.41) is -0.0284. The molecule has 2 N–H and O–H groups in total. The van der Waals surface area contributed by atoms with Gasteiger partial charge in [-0.1, -0.05) is 0 Å². The number of Topliss-reactive ketones (excluding diaryl/α,β-unsaturated/α-hetero) is 1. The van der Waals surface area contributed by atoms with Gasteiger partial charge in [0.25, 0.3) is 5.35 Å². The number of rotatable bonds is 2. The molecular weight excluding hydrogens is 168 g/mol. The van der Waals surface area contributed by atoms with Gasteiger partial charge in [0, 0.05) is 0 Å². The van der Waals surface area contributed by atoms with Crippen molar-refractivity contribution in [1.29, 1.82) is 0 Å². The van der Waals surface area contributed by atoms with E-state index in [0.717, 1.165) is 0 Å². The van der Waals surface area contributed by atoms with Crippen LogP contribution in [0.3, 0.4) is 0 Å². The highest BCUT2D eigenvalue weighted by atomic mass is 35.5. The lowest BCUT2D eigenvalue weighted by atomic mass is 10.2. The quantitative estimate of drug-likeness (QED) is 0.673. The first kappa shape index (κ1) is 8.23. The molecule has 1 rings (SSSR count). The van der Waals surface area contributed by atoms with Crippen molar-refractivity contribution in [3.05, 3.63) is 16.8 Å². The van der Waals surface area contributed by atoms with E-state index in [-0.39, 0.29) is 23.4 Å². The lowest BCUT2D eigenvalue weighted by molar-refractivity contribution is 0.0974. The summed E-state index contributed by atoms with van der Waals surface area (Å²) in [5.74, 6) is -0.139. The highest BCUT2D eigenvalue weighted by molar-refractivity contribution is 6.27. The third-order valence-corrected chi connectivity index (χ3v) is 1.37. The van der Waals surface area contributed by atoms with Crippen LogP contribution in [0.4, 0.5) is 0 Å². The molecule has 5 heteroatoms. The molecule has 1 heterocycles. The molecule has 1 aromatic rings. The minimum atomic E-state index is -0.290. The minimum Gasteiger partial charge on any atom is -0.424 e. The largest absolute Gasteiger partial charge is 0.424 e. The van der Waals surface area contributed by atoms with Gasteiger partial charge < -0.3 is 10.2 Å². The van der Waals surface area contributed by atoms with Gasteiger partial charge in [-0.25, -0.2) is 4.98 Å². The Bertz CT molecular complexity index is 282. The SMILES string of the molecule is Cc1nc(Cl)oc1C(=O)CN. The number of nitrogens with zero attached hydrogens (tertiary/aromatic N) is 1. The Labute approximate surface area is 68.3 Å². The molecule has 0 aromatic carbocycles. The predicted octanol–water partition coefficient (Wildman–Crippen LogP) is 0.778. The monoisotopic (exact) mass is 174 g/mol. The van der Waals surface area contributed by atoms with Crippen molar-refractivity contribution in [1.82, 2.24) is 4.98 Å². The van der Waals surface area contributed by atoms with Crippen LogP contribution < -0.4 is 5.73 Å². The average Bonchev–Trinajstić information content (AvgIpc) is 2.28. The number of hydrogen-bond acceptors (Lipinski definition) is 4. The van der Waals surface area contributed by atoms with Gasteiger partial charge in [-0.15, -0.1) is 0 Å². The summed E-state index contributed by atoms with van der Waals surface area (Å²) >= 11 is 5.40. The first-order valence-electron chi connectivity index (χ1n) is 3.01. The van der Waals surface area contributed by atoms with E-state index >= 15 is 0 Å². The zero-order valence-electron chi connectivity index (χ0n) is 5.93. The normalized spacial score (nSPS) is 10.1. The van der Waals surface area contributed by atoms with E-state index < -0.39 is 0 Å². The van der Waals surface area contributed by atoms with Gasteiger partial charge in [0.05, 0.1) is 12.2 Å². The maximum atomic E-state index is 10.9. The molecule has 0 aliphatic carbocycles. The molecule has 11 heavy (non-hydrogen) atoms. The summed E-state index contributed by atoms with van der Waals surface area (Å²) < 4.78 is 4.79. The molecule has 4 nitrogen and oxygen atoms in total. The van der Waals surface area contributed by atoms with E-state index in [9.17, 15) is 4.79 Å². The van der Waals surface area contributed by atoms with Crippen molar-refractivity contribution in [2.45, 2.75) is 6.92 Å². The molecule has 0 radical (unpaired) electrons. The Morgan fingerprint density at radius 1 is 1.82 bits per heavy atom. The van der Waals surface area contributed by atoms with E-state index in [2.05, 4.69) is 4.98 Å². The van der Waals surface area contributed by atoms with E-state index in [0.29, 0.717) is 5.69 Å². The van der Waals surface area contributed by atoms with E-state index in [1.807, 2.05) is 0 Å². The van der Waals surface area contributed by atoms with Crippen LogP contribution in [0.5, 0.6) is 0 Å². The molecule has 1 aromatic heterocycles. The number of nitrogens with two attached hydrogens (primary N) is 1. The molecule has 60 valence electrons. The number of aromatic nitrogens is 1. The van der Waals surface area contributed by atoms with E-state index in [4.69, 9.17) is 21.8 Å². The Kier molecular flexibility index (Phi) is 2.26. The van der Waals surface area contributed by atoms with Crippen LogP contribution in [0.15, 0.2) is 4.42 Å². The minimum absolute atomic E-state index is 0.0284. The maximum absolute atomic E-state index is 10.9. The van der Waals surface area contributed by atoms with Gasteiger partial charge >= 0.3 is 0 Å². The van der Waals surface area contributed by atoms with Crippen LogP contribution in [0.2, 0.25) is 5.35 Å². The van der Waals surface area contributed by atoms with Crippen LogP contribution in [0.1, 0.15) is 16.2 Å². The third-order valence-electron chi connectivity index (χ3n) is 1.21. The van der Waals surface area contributed by atoms with Crippen LogP contribution in [0.25, 0.3) is 0 Å². The smallest absolute Gasteiger partial charge is 0.292 e. The standard InChI is InChI=1S/C6H7ClN2O2/c1-3-5(4(10)2-8)11-6(7)9-3/h2,8H2,1H3. The van der Waals surface area contributed by atoms with Crippen molar-refractivity contribution >= 4 is 17.4 Å². The Balaban J connectivity index is 3.03. The number of ketones is 1. The van der Waals surface area contributed by atoms with Crippen LogP contribution >= 0.6 is 11.6 Å². The molecular formula is C6H7ClN2O2. The topological polar surface area (TPSA) is 69.1 Å². The van der Waals surface area contributed by atoms with Crippen molar-refractivity contribution in [3.8, 4) is 0 Å². The molecule has 0 saturated carbocycles. The summed E-state index contributed by atoms with van der Waals surface area (Å²) in [6.07, 6.45) is 0. The molecule has 0 aliphatic rings. The van der Waals surface area contributed by atoms with E-state index in [1.165, 1.54) is 0 Å². The summed E-state index contributed by atoms with van der Waals surface area (Å²) in [6, 6.07) is 0. The fourth-order valence-electron chi connectivity index (χ4n) is 0.715. The van der Waals surface area contributed by atoms with Gasteiger partial charge in [-0.2, -0.15) is 0 Å². The molecule has 0 amide bonds. The lowest BCUT2D eigenvalue weighted by Gasteiger charge is -1.89. The zero-order chi connectivity index (χ0) is 8.43. The molecule has 0 spiro atoms. The summed E-state index contributed by atoms with van der Waals surface area (Å²) in [5.41, 5.74) is 5.58. The van der Waals surface area contributed by atoms with Gasteiger partial charge in [-0.3, -0.25) is 4.79 Å². The number of halogens is 1. The first-order valence-corrected chi connectivity index (χ1v) is 3.39. The molecule has 0 fully saturated rings.